The molecule has 0 unspecified atom stereocenters. The van der Waals surface area contributed by atoms with E-state index in [0.29, 0.717) is 0 Å². The Kier molecular flexibility index (Phi) is 12.4. The van der Waals surface area contributed by atoms with Crippen LogP contribution in [0.25, 0.3) is 6.08 Å². The first-order valence-corrected chi connectivity index (χ1v) is 11.8. The number of nitrogens with zero attached hydrogens (tertiary/aromatic N) is 2. The van der Waals surface area contributed by atoms with Crippen LogP contribution >= 0.6 is 0 Å². The molecule has 3 rings (SSSR count). The lowest BCUT2D eigenvalue weighted by Gasteiger charge is -2.34. The molecule has 1 aliphatic heterocycles. The van der Waals surface area contributed by atoms with Gasteiger partial charge < -0.3 is 24.6 Å². The van der Waals surface area contributed by atoms with Gasteiger partial charge >= 0.3 is 11.9 Å². The molecular formula is C27H36N2O6. The van der Waals surface area contributed by atoms with Crippen molar-refractivity contribution in [3.63, 3.8) is 0 Å². The molecule has 0 atom stereocenters. The molecule has 0 bridgehead atoms. The fraction of sp³-hybridized carbons (Fsp3) is 0.407. The molecule has 0 aromatic heterocycles. The molecule has 190 valence electrons. The smallest absolute Gasteiger partial charge is 0.414 e. The molecule has 2 aromatic carbocycles. The zero-order valence-corrected chi connectivity index (χ0v) is 20.6. The van der Waals surface area contributed by atoms with Gasteiger partial charge in [0.15, 0.2) is 11.5 Å². The maximum Gasteiger partial charge on any atom is 0.414 e. The second-order valence-electron chi connectivity index (χ2n) is 8.18. The number of benzene rings is 2. The first-order valence-electron chi connectivity index (χ1n) is 11.8. The summed E-state index contributed by atoms with van der Waals surface area (Å²) in [5.41, 5.74) is 2.54. The maximum absolute atomic E-state index is 9.10. The van der Waals surface area contributed by atoms with Crippen molar-refractivity contribution in [3.8, 4) is 11.5 Å². The summed E-state index contributed by atoms with van der Waals surface area (Å²) in [7, 11) is 1.69. The zero-order chi connectivity index (χ0) is 25.5. The molecule has 8 nitrogen and oxygen atoms in total. The Hall–Kier alpha value is -3.36. The van der Waals surface area contributed by atoms with E-state index in [-0.39, 0.29) is 0 Å². The number of carboxylic acids is 2. The highest BCUT2D eigenvalue weighted by atomic mass is 16.5. The summed E-state index contributed by atoms with van der Waals surface area (Å²) in [6.45, 7) is 9.59. The molecule has 0 saturated carbocycles. The first-order chi connectivity index (χ1) is 16.9. The summed E-state index contributed by atoms with van der Waals surface area (Å²) in [6.07, 6.45) is 6.31. The predicted molar refractivity (Wildman–Crippen MR) is 136 cm³/mol. The van der Waals surface area contributed by atoms with Crippen LogP contribution in [-0.4, -0.2) is 78.4 Å². The monoisotopic (exact) mass is 484 g/mol. The number of unbranched alkanes of at least 4 members (excludes halogenated alkanes) is 1. The Morgan fingerprint density at radius 2 is 1.57 bits per heavy atom. The summed E-state index contributed by atoms with van der Waals surface area (Å²) in [5, 5.41) is 14.8. The third kappa shape index (κ3) is 10.6. The molecule has 0 aliphatic carbocycles. The molecule has 1 aliphatic rings. The lowest BCUT2D eigenvalue weighted by molar-refractivity contribution is -0.159. The minimum absolute atomic E-state index is 0.729. The van der Waals surface area contributed by atoms with Crippen molar-refractivity contribution < 1.29 is 29.3 Å². The second-order valence-corrected chi connectivity index (χ2v) is 8.18. The van der Waals surface area contributed by atoms with Gasteiger partial charge in [-0.05, 0) is 49.6 Å². The van der Waals surface area contributed by atoms with Crippen LogP contribution in [0.2, 0.25) is 0 Å². The molecule has 1 saturated heterocycles. The van der Waals surface area contributed by atoms with E-state index in [2.05, 4.69) is 52.3 Å². The second kappa shape index (κ2) is 15.5. The molecule has 35 heavy (non-hydrogen) atoms. The Bertz CT molecular complexity index is 928. The summed E-state index contributed by atoms with van der Waals surface area (Å²) in [5.74, 6) is -2.02. The van der Waals surface area contributed by atoms with E-state index in [0.717, 1.165) is 75.8 Å². The number of piperazine rings is 1. The number of hydrogen-bond donors (Lipinski definition) is 2. The molecule has 2 N–H and O–H groups in total. The van der Waals surface area contributed by atoms with Gasteiger partial charge in [0.2, 0.25) is 0 Å². The van der Waals surface area contributed by atoms with Gasteiger partial charge in [-0.1, -0.05) is 48.6 Å². The highest BCUT2D eigenvalue weighted by Gasteiger charge is 2.16. The molecule has 1 fully saturated rings. The van der Waals surface area contributed by atoms with Crippen molar-refractivity contribution in [3.05, 3.63) is 65.7 Å². The van der Waals surface area contributed by atoms with Crippen molar-refractivity contribution in [2.24, 2.45) is 0 Å². The van der Waals surface area contributed by atoms with Crippen molar-refractivity contribution in [1.29, 1.82) is 0 Å². The van der Waals surface area contributed by atoms with Crippen LogP contribution in [0, 0.1) is 0 Å². The SMILES string of the molecule is C/C=C/c1ccc(OCCCCN2CCN(Cc3ccccc3)CC2)c(OC)c1.O=C(O)C(=O)O. The minimum atomic E-state index is -1.82. The topological polar surface area (TPSA) is 99.5 Å². The molecule has 0 amide bonds. The molecular weight excluding hydrogens is 448 g/mol. The Morgan fingerprint density at radius 1 is 0.914 bits per heavy atom. The van der Waals surface area contributed by atoms with Gasteiger partial charge in [-0.25, -0.2) is 9.59 Å². The van der Waals surface area contributed by atoms with Crippen LogP contribution < -0.4 is 9.47 Å². The van der Waals surface area contributed by atoms with Crippen LogP contribution in [-0.2, 0) is 16.1 Å². The van der Waals surface area contributed by atoms with Crippen molar-refractivity contribution in [2.45, 2.75) is 26.3 Å². The van der Waals surface area contributed by atoms with Gasteiger partial charge in [0.25, 0.3) is 0 Å². The van der Waals surface area contributed by atoms with Gasteiger partial charge in [-0.3, -0.25) is 4.90 Å². The van der Waals surface area contributed by atoms with Crippen LogP contribution in [0.5, 0.6) is 11.5 Å². The standard InChI is InChI=1S/C25H34N2O2.C2H2O4/c1-3-9-22-12-13-24(25(20-22)28-2)29-19-8-7-14-26-15-17-27(18-16-26)21-23-10-5-4-6-11-23;3-1(4)2(5)6/h3-6,9-13,20H,7-8,14-19,21H2,1-2H3;(H,3,4)(H,5,6)/b9-3+;. The third-order valence-corrected chi connectivity index (χ3v) is 5.57. The van der Waals surface area contributed by atoms with E-state index < -0.39 is 11.9 Å². The van der Waals surface area contributed by atoms with Crippen LogP contribution in [0.4, 0.5) is 0 Å². The highest BCUT2D eigenvalue weighted by molar-refractivity contribution is 6.27. The highest BCUT2D eigenvalue weighted by Crippen LogP contribution is 2.28. The lowest BCUT2D eigenvalue weighted by atomic mass is 10.2. The van der Waals surface area contributed by atoms with Gasteiger partial charge in [-0.15, -0.1) is 0 Å². The summed E-state index contributed by atoms with van der Waals surface area (Å²) >= 11 is 0. The molecule has 0 radical (unpaired) electrons. The van der Waals surface area contributed by atoms with E-state index in [1.54, 1.807) is 7.11 Å². The van der Waals surface area contributed by atoms with Crippen molar-refractivity contribution in [1.82, 2.24) is 9.80 Å². The van der Waals surface area contributed by atoms with E-state index in [9.17, 15) is 0 Å². The number of hydrogen-bond acceptors (Lipinski definition) is 6. The van der Waals surface area contributed by atoms with E-state index in [1.807, 2.05) is 25.1 Å². The van der Waals surface area contributed by atoms with Gasteiger partial charge in [0.05, 0.1) is 13.7 Å². The molecule has 0 spiro atoms. The first kappa shape index (κ1) is 27.9. The number of aliphatic carboxylic acids is 2. The number of carboxylic acid groups (broad SMARTS) is 2. The lowest BCUT2D eigenvalue weighted by Crippen LogP contribution is -2.46. The Balaban J connectivity index is 0.000000641. The average Bonchev–Trinajstić information content (AvgIpc) is 2.86. The van der Waals surface area contributed by atoms with Gasteiger partial charge in [0, 0.05) is 32.7 Å². The quantitative estimate of drug-likeness (QED) is 0.387. The number of ether oxygens (including phenoxy) is 2. The van der Waals surface area contributed by atoms with E-state index in [1.165, 1.54) is 5.56 Å². The number of allylic oxidation sites excluding steroid dienone is 1. The largest absolute Gasteiger partial charge is 0.493 e. The predicted octanol–water partition coefficient (Wildman–Crippen LogP) is 3.86. The zero-order valence-electron chi connectivity index (χ0n) is 20.6. The summed E-state index contributed by atoms with van der Waals surface area (Å²) in [6, 6.07) is 16.8. The summed E-state index contributed by atoms with van der Waals surface area (Å²) in [4.78, 5) is 23.3. The van der Waals surface area contributed by atoms with E-state index in [4.69, 9.17) is 29.3 Å². The van der Waals surface area contributed by atoms with Gasteiger partial charge in [-0.2, -0.15) is 0 Å². The van der Waals surface area contributed by atoms with E-state index >= 15 is 0 Å². The molecule has 8 heteroatoms. The van der Waals surface area contributed by atoms with Gasteiger partial charge in [0.1, 0.15) is 0 Å². The normalized spacial score (nSPS) is 14.2. The minimum Gasteiger partial charge on any atom is -0.493 e. The Labute approximate surface area is 207 Å². The molecule has 1 heterocycles. The van der Waals surface area contributed by atoms with Crippen LogP contribution in [0.1, 0.15) is 30.9 Å². The Morgan fingerprint density at radius 3 is 2.17 bits per heavy atom. The number of methoxy groups -OCH3 is 1. The van der Waals surface area contributed by atoms with Crippen LogP contribution in [0.3, 0.4) is 0 Å². The molecule has 2 aromatic rings. The van der Waals surface area contributed by atoms with Crippen molar-refractivity contribution >= 4 is 18.0 Å². The third-order valence-electron chi connectivity index (χ3n) is 5.57. The maximum atomic E-state index is 9.10. The van der Waals surface area contributed by atoms with Crippen molar-refractivity contribution in [2.75, 3.05) is 46.4 Å². The number of carbonyl (C=O) groups is 2. The number of rotatable bonds is 10. The fourth-order valence-electron chi connectivity index (χ4n) is 3.73. The average molecular weight is 485 g/mol. The fourth-order valence-corrected chi connectivity index (χ4v) is 3.73. The summed E-state index contributed by atoms with van der Waals surface area (Å²) < 4.78 is 11.4. The van der Waals surface area contributed by atoms with Crippen LogP contribution in [0.15, 0.2) is 54.6 Å².